The Balaban J connectivity index is 1.75. The third kappa shape index (κ3) is 6.43. The van der Waals surface area contributed by atoms with Gasteiger partial charge >= 0.3 is 6.36 Å². The summed E-state index contributed by atoms with van der Waals surface area (Å²) >= 11 is 11.9. The molecule has 2 aromatic rings. The van der Waals surface area contributed by atoms with Crippen LogP contribution in [0.3, 0.4) is 0 Å². The molecule has 0 aliphatic carbocycles. The predicted molar refractivity (Wildman–Crippen MR) is 89.9 cm³/mol. The minimum Gasteiger partial charge on any atom is -0.508 e. The Labute approximate surface area is 152 Å². The molecule has 4 nitrogen and oxygen atoms in total. The molecule has 0 atom stereocenters. The van der Waals surface area contributed by atoms with Crippen LogP contribution in [0, 0.1) is 0 Å². The fourth-order valence-electron chi connectivity index (χ4n) is 1.94. The number of alkyl halides is 3. The maximum atomic E-state index is 12.1. The summed E-state index contributed by atoms with van der Waals surface area (Å²) in [4.78, 5) is 0. The van der Waals surface area contributed by atoms with Crippen molar-refractivity contribution >= 4 is 28.9 Å². The second-order valence-corrected chi connectivity index (χ2v) is 5.75. The zero-order valence-electron chi connectivity index (χ0n) is 12.7. The average Bonchev–Trinajstić information content (AvgIpc) is 2.49. The lowest BCUT2D eigenvalue weighted by Gasteiger charge is -2.12. The molecule has 0 unspecified atom stereocenters. The molecule has 9 heteroatoms. The van der Waals surface area contributed by atoms with Gasteiger partial charge in [0.2, 0.25) is 0 Å². The van der Waals surface area contributed by atoms with Crippen LogP contribution in [0.4, 0.5) is 18.9 Å². The predicted octanol–water partition coefficient (Wildman–Crippen LogP) is 5.48. The van der Waals surface area contributed by atoms with Crippen molar-refractivity contribution in [2.45, 2.75) is 12.8 Å². The maximum Gasteiger partial charge on any atom is 0.573 e. The molecule has 0 fully saturated rings. The summed E-state index contributed by atoms with van der Waals surface area (Å²) in [5.41, 5.74) is 0.648. The Morgan fingerprint density at radius 1 is 1.04 bits per heavy atom. The van der Waals surface area contributed by atoms with Crippen molar-refractivity contribution in [1.29, 1.82) is 0 Å². The minimum atomic E-state index is -4.71. The summed E-state index contributed by atoms with van der Waals surface area (Å²) in [5.74, 6) is -0.0465. The van der Waals surface area contributed by atoms with Crippen LogP contribution >= 0.6 is 23.2 Å². The normalized spacial score (nSPS) is 11.2. The molecule has 0 saturated carbocycles. The zero-order valence-corrected chi connectivity index (χ0v) is 14.3. The molecule has 0 aliphatic rings. The van der Waals surface area contributed by atoms with Gasteiger partial charge in [0.25, 0.3) is 0 Å². The Morgan fingerprint density at radius 3 is 2.20 bits per heavy atom. The molecular weight excluding hydrogens is 382 g/mol. The molecular formula is C16H14Cl2F3NO3. The van der Waals surface area contributed by atoms with Crippen molar-refractivity contribution in [1.82, 2.24) is 0 Å². The number of hydrogen-bond acceptors (Lipinski definition) is 4. The molecule has 0 amide bonds. The van der Waals surface area contributed by atoms with Gasteiger partial charge in [0.15, 0.2) is 5.75 Å². The molecule has 0 spiro atoms. The number of aromatic hydroxyl groups is 1. The highest BCUT2D eigenvalue weighted by molar-refractivity contribution is 6.37. The van der Waals surface area contributed by atoms with Gasteiger partial charge in [0.1, 0.15) is 11.5 Å². The maximum absolute atomic E-state index is 12.1. The second kappa shape index (κ2) is 8.40. The molecule has 2 N–H and O–H groups in total. The van der Waals surface area contributed by atoms with Gasteiger partial charge in [-0.2, -0.15) is 0 Å². The molecule has 2 aromatic carbocycles. The van der Waals surface area contributed by atoms with E-state index in [-0.39, 0.29) is 27.3 Å². The van der Waals surface area contributed by atoms with Crippen LogP contribution in [0.5, 0.6) is 17.2 Å². The van der Waals surface area contributed by atoms with E-state index in [1.54, 1.807) is 0 Å². The summed E-state index contributed by atoms with van der Waals surface area (Å²) in [6.45, 7) is 0.833. The number of benzene rings is 2. The first-order valence-electron chi connectivity index (χ1n) is 7.15. The topological polar surface area (TPSA) is 50.7 Å². The van der Waals surface area contributed by atoms with E-state index in [0.29, 0.717) is 25.3 Å². The monoisotopic (exact) mass is 395 g/mol. The number of nitrogens with one attached hydrogen (secondary N) is 1. The standard InChI is InChI=1S/C16H14Cl2F3NO3/c17-13-8-11(23)9-14(18)15(13)24-7-1-6-22-10-2-4-12(5-3-10)25-16(19,20)21/h2-5,8-9,22-23H,1,6-7H2. The molecule has 0 radical (unpaired) electrons. The van der Waals surface area contributed by atoms with E-state index in [1.807, 2.05) is 0 Å². The van der Waals surface area contributed by atoms with Gasteiger partial charge in [-0.05, 0) is 30.7 Å². The van der Waals surface area contributed by atoms with Crippen LogP contribution in [0.2, 0.25) is 10.0 Å². The van der Waals surface area contributed by atoms with Gasteiger partial charge in [-0.3, -0.25) is 0 Å². The average molecular weight is 396 g/mol. The number of halogens is 5. The first kappa shape index (κ1) is 19.3. The Morgan fingerprint density at radius 2 is 1.64 bits per heavy atom. The molecule has 0 heterocycles. The number of ether oxygens (including phenoxy) is 2. The van der Waals surface area contributed by atoms with Crippen molar-refractivity contribution < 1.29 is 27.8 Å². The third-order valence-electron chi connectivity index (χ3n) is 2.97. The SMILES string of the molecule is Oc1cc(Cl)c(OCCCNc2ccc(OC(F)(F)F)cc2)c(Cl)c1. The van der Waals surface area contributed by atoms with Crippen LogP contribution in [0.15, 0.2) is 36.4 Å². The first-order chi connectivity index (χ1) is 11.7. The highest BCUT2D eigenvalue weighted by atomic mass is 35.5. The first-order valence-corrected chi connectivity index (χ1v) is 7.91. The molecule has 136 valence electrons. The number of phenolic OH excluding ortho intramolecular Hbond substituents is 1. The fourth-order valence-corrected chi connectivity index (χ4v) is 2.52. The molecule has 0 aromatic heterocycles. The van der Waals surface area contributed by atoms with Crippen LogP contribution in [-0.4, -0.2) is 24.6 Å². The molecule has 0 aliphatic heterocycles. The lowest BCUT2D eigenvalue weighted by Crippen LogP contribution is -2.17. The smallest absolute Gasteiger partial charge is 0.508 e. The Hall–Kier alpha value is -1.99. The van der Waals surface area contributed by atoms with Crippen LogP contribution in [-0.2, 0) is 0 Å². The van der Waals surface area contributed by atoms with E-state index < -0.39 is 6.36 Å². The van der Waals surface area contributed by atoms with Crippen molar-refractivity contribution in [2.24, 2.45) is 0 Å². The Kier molecular flexibility index (Phi) is 6.50. The van der Waals surface area contributed by atoms with E-state index in [4.69, 9.17) is 27.9 Å². The van der Waals surface area contributed by atoms with Gasteiger partial charge in [-0.25, -0.2) is 0 Å². The van der Waals surface area contributed by atoms with E-state index in [2.05, 4.69) is 10.1 Å². The van der Waals surface area contributed by atoms with E-state index >= 15 is 0 Å². The number of phenols is 1. The van der Waals surface area contributed by atoms with Crippen LogP contribution in [0.1, 0.15) is 6.42 Å². The van der Waals surface area contributed by atoms with Crippen LogP contribution in [0.25, 0.3) is 0 Å². The van der Waals surface area contributed by atoms with Crippen molar-refractivity contribution in [3.63, 3.8) is 0 Å². The van der Waals surface area contributed by atoms with Gasteiger partial charge in [-0.1, -0.05) is 23.2 Å². The fraction of sp³-hybridized carbons (Fsp3) is 0.250. The van der Waals surface area contributed by atoms with E-state index in [0.717, 1.165) is 0 Å². The quantitative estimate of drug-likeness (QED) is 0.609. The second-order valence-electron chi connectivity index (χ2n) is 4.94. The van der Waals surface area contributed by atoms with Gasteiger partial charge in [0.05, 0.1) is 16.7 Å². The Bertz CT molecular complexity index is 686. The zero-order chi connectivity index (χ0) is 18.4. The number of anilines is 1. The largest absolute Gasteiger partial charge is 0.573 e. The minimum absolute atomic E-state index is 0.0537. The highest BCUT2D eigenvalue weighted by Gasteiger charge is 2.30. The van der Waals surface area contributed by atoms with E-state index in [1.165, 1.54) is 36.4 Å². The molecule has 0 saturated heterocycles. The van der Waals surface area contributed by atoms with Crippen LogP contribution < -0.4 is 14.8 Å². The van der Waals surface area contributed by atoms with Crippen molar-refractivity contribution in [2.75, 3.05) is 18.5 Å². The summed E-state index contributed by atoms with van der Waals surface area (Å²) < 4.78 is 45.5. The summed E-state index contributed by atoms with van der Waals surface area (Å²) in [7, 11) is 0. The molecule has 25 heavy (non-hydrogen) atoms. The lowest BCUT2D eigenvalue weighted by atomic mass is 10.3. The van der Waals surface area contributed by atoms with Crippen molar-refractivity contribution in [3.05, 3.63) is 46.4 Å². The number of rotatable bonds is 7. The van der Waals surface area contributed by atoms with Gasteiger partial charge in [-0.15, -0.1) is 13.2 Å². The number of hydrogen-bond donors (Lipinski definition) is 2. The highest BCUT2D eigenvalue weighted by Crippen LogP contribution is 2.36. The van der Waals surface area contributed by atoms with Gasteiger partial charge < -0.3 is 19.9 Å². The molecule has 2 rings (SSSR count). The molecule has 0 bridgehead atoms. The summed E-state index contributed by atoms with van der Waals surface area (Å²) in [6, 6.07) is 8.06. The van der Waals surface area contributed by atoms with E-state index in [9.17, 15) is 18.3 Å². The van der Waals surface area contributed by atoms with Crippen molar-refractivity contribution in [3.8, 4) is 17.2 Å². The summed E-state index contributed by atoms with van der Waals surface area (Å²) in [6.07, 6.45) is -4.11. The summed E-state index contributed by atoms with van der Waals surface area (Å²) in [5, 5.41) is 12.8. The lowest BCUT2D eigenvalue weighted by molar-refractivity contribution is -0.274. The van der Waals surface area contributed by atoms with Gasteiger partial charge in [0, 0.05) is 24.4 Å². The third-order valence-corrected chi connectivity index (χ3v) is 3.53.